The number of pyridine rings is 1. The van der Waals surface area contributed by atoms with Crippen LogP contribution in [-0.2, 0) is 4.79 Å². The van der Waals surface area contributed by atoms with Crippen molar-refractivity contribution >= 4 is 17.3 Å². The van der Waals surface area contributed by atoms with Gasteiger partial charge in [0.15, 0.2) is 0 Å². The van der Waals surface area contributed by atoms with Gasteiger partial charge in [0, 0.05) is 12.7 Å². The minimum atomic E-state index is -1.22. The molecule has 1 amide bonds. The lowest BCUT2D eigenvalue weighted by atomic mass is 10.3. The van der Waals surface area contributed by atoms with Crippen LogP contribution in [0.15, 0.2) is 18.5 Å². The lowest BCUT2D eigenvalue weighted by Gasteiger charge is -2.10. The maximum Gasteiger partial charge on any atom is 0.248 e. The van der Waals surface area contributed by atoms with Gasteiger partial charge in [-0.1, -0.05) is 0 Å². The minimum absolute atomic E-state index is 0.0313. The number of hydrogen-bond acceptors (Lipinski definition) is 5. The maximum absolute atomic E-state index is 10.5. The first kappa shape index (κ1) is 10.3. The normalized spacial score (nSPS) is 12.1. The number of carbonyl (C=O) groups is 1. The maximum atomic E-state index is 10.5. The van der Waals surface area contributed by atoms with E-state index in [4.69, 9.17) is 16.6 Å². The van der Waals surface area contributed by atoms with Gasteiger partial charge >= 0.3 is 0 Å². The van der Waals surface area contributed by atoms with Crippen LogP contribution in [0.4, 0.5) is 11.4 Å². The van der Waals surface area contributed by atoms with Crippen molar-refractivity contribution in [3.63, 3.8) is 0 Å². The molecule has 1 aromatic rings. The molecule has 1 rings (SSSR count). The molecule has 6 nitrogen and oxygen atoms in total. The number of anilines is 2. The van der Waals surface area contributed by atoms with E-state index >= 15 is 0 Å². The Bertz CT molecular complexity index is 329. The lowest BCUT2D eigenvalue weighted by Crippen LogP contribution is -2.34. The first-order valence-electron chi connectivity index (χ1n) is 4.02. The molecule has 0 radical (unpaired) electrons. The van der Waals surface area contributed by atoms with E-state index < -0.39 is 12.0 Å². The standard InChI is InChI=1S/C8H12N4O2/c9-5-3-11-2-1-6(5)12-4-7(13)8(10)14/h1-3,7,13H,4,9H2,(H2,10,14)(H,11,12). The van der Waals surface area contributed by atoms with Gasteiger partial charge in [-0.25, -0.2) is 0 Å². The monoisotopic (exact) mass is 196 g/mol. The summed E-state index contributed by atoms with van der Waals surface area (Å²) >= 11 is 0. The molecule has 76 valence electrons. The molecule has 0 bridgehead atoms. The van der Waals surface area contributed by atoms with Gasteiger partial charge in [0.05, 0.1) is 17.6 Å². The molecule has 0 aromatic carbocycles. The summed E-state index contributed by atoms with van der Waals surface area (Å²) in [7, 11) is 0. The molecule has 1 heterocycles. The lowest BCUT2D eigenvalue weighted by molar-refractivity contribution is -0.125. The van der Waals surface area contributed by atoms with E-state index in [1.54, 1.807) is 12.3 Å². The third-order valence-corrected chi connectivity index (χ3v) is 1.67. The number of rotatable bonds is 4. The van der Waals surface area contributed by atoms with Crippen LogP contribution < -0.4 is 16.8 Å². The van der Waals surface area contributed by atoms with E-state index in [1.807, 2.05) is 0 Å². The van der Waals surface area contributed by atoms with Crippen LogP contribution in [0.3, 0.4) is 0 Å². The van der Waals surface area contributed by atoms with E-state index in [0.29, 0.717) is 11.4 Å². The Labute approximate surface area is 80.9 Å². The largest absolute Gasteiger partial charge is 0.396 e. The number of amides is 1. The molecule has 0 saturated carbocycles. The van der Waals surface area contributed by atoms with Gasteiger partial charge in [-0.05, 0) is 6.07 Å². The molecule has 0 saturated heterocycles. The Balaban J connectivity index is 2.54. The number of nitrogens with two attached hydrogens (primary N) is 2. The fourth-order valence-electron chi connectivity index (χ4n) is 0.875. The van der Waals surface area contributed by atoms with Crippen molar-refractivity contribution in [1.82, 2.24) is 4.98 Å². The van der Waals surface area contributed by atoms with Gasteiger partial charge in [-0.2, -0.15) is 0 Å². The highest BCUT2D eigenvalue weighted by atomic mass is 16.3. The molecule has 0 fully saturated rings. The summed E-state index contributed by atoms with van der Waals surface area (Å²) in [6.07, 6.45) is 1.80. The van der Waals surface area contributed by atoms with Gasteiger partial charge in [0.1, 0.15) is 6.10 Å². The molecule has 14 heavy (non-hydrogen) atoms. The van der Waals surface area contributed by atoms with Gasteiger partial charge in [0.2, 0.25) is 5.91 Å². The second-order valence-corrected chi connectivity index (χ2v) is 2.76. The summed E-state index contributed by atoms with van der Waals surface area (Å²) < 4.78 is 0. The Morgan fingerprint density at radius 2 is 2.43 bits per heavy atom. The number of nitrogens with one attached hydrogen (secondary N) is 1. The minimum Gasteiger partial charge on any atom is -0.396 e. The van der Waals surface area contributed by atoms with Gasteiger partial charge in [-0.15, -0.1) is 0 Å². The zero-order chi connectivity index (χ0) is 10.6. The van der Waals surface area contributed by atoms with Crippen molar-refractivity contribution in [2.24, 2.45) is 5.73 Å². The highest BCUT2D eigenvalue weighted by Gasteiger charge is 2.10. The predicted octanol–water partition coefficient (Wildman–Crippen LogP) is -1.08. The van der Waals surface area contributed by atoms with Crippen molar-refractivity contribution in [3.8, 4) is 0 Å². The summed E-state index contributed by atoms with van der Waals surface area (Å²) in [5.74, 6) is -0.773. The zero-order valence-electron chi connectivity index (χ0n) is 7.47. The molecule has 0 aliphatic carbocycles. The topological polar surface area (TPSA) is 114 Å². The van der Waals surface area contributed by atoms with E-state index in [9.17, 15) is 4.79 Å². The number of nitrogen functional groups attached to an aromatic ring is 1. The Hall–Kier alpha value is -1.82. The fraction of sp³-hybridized carbons (Fsp3) is 0.250. The van der Waals surface area contributed by atoms with Crippen LogP contribution in [0.25, 0.3) is 0 Å². The van der Waals surface area contributed by atoms with Crippen LogP contribution >= 0.6 is 0 Å². The van der Waals surface area contributed by atoms with Crippen molar-refractivity contribution in [2.75, 3.05) is 17.6 Å². The van der Waals surface area contributed by atoms with E-state index in [1.165, 1.54) is 6.20 Å². The number of hydrogen-bond donors (Lipinski definition) is 4. The highest BCUT2D eigenvalue weighted by Crippen LogP contribution is 2.14. The van der Waals surface area contributed by atoms with Crippen molar-refractivity contribution < 1.29 is 9.90 Å². The Morgan fingerprint density at radius 1 is 1.71 bits per heavy atom. The van der Waals surface area contributed by atoms with E-state index in [0.717, 1.165) is 0 Å². The van der Waals surface area contributed by atoms with Crippen LogP contribution in [0.1, 0.15) is 0 Å². The van der Waals surface area contributed by atoms with Crippen molar-refractivity contribution in [2.45, 2.75) is 6.10 Å². The Morgan fingerprint density at radius 3 is 3.00 bits per heavy atom. The van der Waals surface area contributed by atoms with Crippen LogP contribution in [0, 0.1) is 0 Å². The van der Waals surface area contributed by atoms with Gasteiger partial charge in [0.25, 0.3) is 0 Å². The van der Waals surface area contributed by atoms with Gasteiger partial charge < -0.3 is 21.9 Å². The molecule has 0 aliphatic heterocycles. The number of aliphatic hydroxyl groups is 1. The first-order valence-corrected chi connectivity index (χ1v) is 4.02. The second kappa shape index (κ2) is 4.43. The third-order valence-electron chi connectivity index (χ3n) is 1.67. The van der Waals surface area contributed by atoms with Crippen molar-refractivity contribution in [1.29, 1.82) is 0 Å². The molecule has 6 N–H and O–H groups in total. The smallest absolute Gasteiger partial charge is 0.248 e. The summed E-state index contributed by atoms with van der Waals surface area (Å²) in [5, 5.41) is 11.9. The molecule has 0 aliphatic rings. The number of primary amides is 1. The molecular weight excluding hydrogens is 184 g/mol. The molecular formula is C8H12N4O2. The highest BCUT2D eigenvalue weighted by molar-refractivity contribution is 5.79. The first-order chi connectivity index (χ1) is 6.61. The fourth-order valence-corrected chi connectivity index (χ4v) is 0.875. The predicted molar refractivity (Wildman–Crippen MR) is 52.3 cm³/mol. The number of aliphatic hydroxyl groups excluding tert-OH is 1. The molecule has 1 unspecified atom stereocenters. The second-order valence-electron chi connectivity index (χ2n) is 2.76. The molecule has 0 spiro atoms. The molecule has 6 heteroatoms. The quantitative estimate of drug-likeness (QED) is 0.489. The number of aromatic nitrogens is 1. The molecule has 1 atom stereocenters. The summed E-state index contributed by atoms with van der Waals surface area (Å²) in [5.41, 5.74) is 11.5. The number of carbonyl (C=O) groups excluding carboxylic acids is 1. The van der Waals surface area contributed by atoms with Crippen LogP contribution in [-0.4, -0.2) is 28.6 Å². The summed E-state index contributed by atoms with van der Waals surface area (Å²) in [6, 6.07) is 1.64. The van der Waals surface area contributed by atoms with Crippen molar-refractivity contribution in [3.05, 3.63) is 18.5 Å². The van der Waals surface area contributed by atoms with E-state index in [-0.39, 0.29) is 6.54 Å². The van der Waals surface area contributed by atoms with E-state index in [2.05, 4.69) is 10.3 Å². The summed E-state index contributed by atoms with van der Waals surface area (Å²) in [6.45, 7) is 0.0313. The third kappa shape index (κ3) is 2.60. The van der Waals surface area contributed by atoms with Crippen LogP contribution in [0.2, 0.25) is 0 Å². The SMILES string of the molecule is NC(=O)C(O)CNc1ccncc1N. The zero-order valence-corrected chi connectivity index (χ0v) is 7.47. The molecule has 1 aromatic heterocycles. The summed E-state index contributed by atoms with van der Waals surface area (Å²) in [4.78, 5) is 14.3. The van der Waals surface area contributed by atoms with Gasteiger partial charge in [-0.3, -0.25) is 9.78 Å². The number of nitrogens with zero attached hydrogens (tertiary/aromatic N) is 1. The average molecular weight is 196 g/mol. The average Bonchev–Trinajstić information content (AvgIpc) is 2.16. The Kier molecular flexibility index (Phi) is 3.24. The van der Waals surface area contributed by atoms with Crippen LogP contribution in [0.5, 0.6) is 0 Å².